The van der Waals surface area contributed by atoms with E-state index < -0.39 is 7.32 Å². The van der Waals surface area contributed by atoms with Crippen LogP contribution in [0.4, 0.5) is 0 Å². The normalized spacial score (nSPS) is 10.4. The third-order valence-corrected chi connectivity index (χ3v) is 2.50. The molecular formula is C10H8BClO4. The number of aromatic hydroxyl groups is 1. The number of fused-ring (bicyclic) bond motifs is 1. The predicted octanol–water partition coefficient (Wildman–Crippen LogP) is 1.55. The molecule has 0 aliphatic carbocycles. The molecule has 0 aliphatic heterocycles. The van der Waals surface area contributed by atoms with E-state index in [-0.39, 0.29) is 11.5 Å². The fraction of sp³-hybridized carbons (Fsp3) is 0. The summed E-state index contributed by atoms with van der Waals surface area (Å²) < 4.78 is 4.61. The van der Waals surface area contributed by atoms with E-state index in [9.17, 15) is 5.11 Å². The van der Waals surface area contributed by atoms with Crippen LogP contribution in [-0.4, -0.2) is 22.5 Å². The number of hydrogen-bond donors (Lipinski definition) is 3. The SMILES string of the molecule is OB(O)Oc1ccc2c(Cl)cccc2c1O. The molecule has 0 fully saturated rings. The van der Waals surface area contributed by atoms with Gasteiger partial charge in [0, 0.05) is 15.8 Å². The van der Waals surface area contributed by atoms with Crippen molar-refractivity contribution >= 4 is 29.7 Å². The number of hydrogen-bond acceptors (Lipinski definition) is 4. The fourth-order valence-corrected chi connectivity index (χ4v) is 1.73. The second kappa shape index (κ2) is 4.21. The van der Waals surface area contributed by atoms with Crippen LogP contribution in [0, 0.1) is 0 Å². The number of phenols is 1. The Labute approximate surface area is 96.8 Å². The van der Waals surface area contributed by atoms with Crippen LogP contribution in [0.5, 0.6) is 11.5 Å². The number of halogens is 1. The first-order chi connectivity index (χ1) is 7.59. The molecule has 3 N–H and O–H groups in total. The van der Waals surface area contributed by atoms with Crippen molar-refractivity contribution in [2.75, 3.05) is 0 Å². The van der Waals surface area contributed by atoms with Gasteiger partial charge >= 0.3 is 7.32 Å². The highest BCUT2D eigenvalue weighted by Gasteiger charge is 2.16. The zero-order valence-corrected chi connectivity index (χ0v) is 8.85. The maximum Gasteiger partial charge on any atom is 0.707 e. The van der Waals surface area contributed by atoms with Crippen molar-refractivity contribution in [2.24, 2.45) is 0 Å². The van der Waals surface area contributed by atoms with E-state index in [0.717, 1.165) is 0 Å². The van der Waals surface area contributed by atoms with Crippen molar-refractivity contribution in [2.45, 2.75) is 0 Å². The summed E-state index contributed by atoms with van der Waals surface area (Å²) in [5.74, 6) is -0.183. The first-order valence-electron chi connectivity index (χ1n) is 4.52. The predicted molar refractivity (Wildman–Crippen MR) is 61.4 cm³/mol. The van der Waals surface area contributed by atoms with Crippen LogP contribution in [0.2, 0.25) is 5.02 Å². The largest absolute Gasteiger partial charge is 0.707 e. The molecule has 2 rings (SSSR count). The summed E-state index contributed by atoms with van der Waals surface area (Å²) in [4.78, 5) is 0. The van der Waals surface area contributed by atoms with Crippen molar-refractivity contribution in [1.29, 1.82) is 0 Å². The molecule has 0 atom stereocenters. The first kappa shape index (κ1) is 11.1. The Morgan fingerprint density at radius 3 is 2.50 bits per heavy atom. The molecule has 0 unspecified atom stereocenters. The number of benzene rings is 2. The van der Waals surface area contributed by atoms with Crippen molar-refractivity contribution in [1.82, 2.24) is 0 Å². The standard InChI is InChI=1S/C10H8BClO4/c12-8-3-1-2-7-6(8)4-5-9(10(7)13)16-11(14)15/h1-5,13-15H. The van der Waals surface area contributed by atoms with Gasteiger partial charge in [-0.15, -0.1) is 0 Å². The lowest BCUT2D eigenvalue weighted by molar-refractivity contribution is 0.282. The summed E-state index contributed by atoms with van der Waals surface area (Å²) in [6.07, 6.45) is 0. The van der Waals surface area contributed by atoms with Crippen molar-refractivity contribution < 1.29 is 19.8 Å². The van der Waals surface area contributed by atoms with Gasteiger partial charge < -0.3 is 19.8 Å². The first-order valence-corrected chi connectivity index (χ1v) is 4.90. The second-order valence-corrected chi connectivity index (χ2v) is 3.60. The van der Waals surface area contributed by atoms with E-state index in [2.05, 4.69) is 4.65 Å². The van der Waals surface area contributed by atoms with Crippen molar-refractivity contribution in [3.8, 4) is 11.5 Å². The maximum absolute atomic E-state index is 9.82. The van der Waals surface area contributed by atoms with E-state index in [1.54, 1.807) is 24.3 Å². The van der Waals surface area contributed by atoms with Crippen LogP contribution in [0.25, 0.3) is 10.8 Å². The lowest BCUT2D eigenvalue weighted by Crippen LogP contribution is -2.20. The Balaban J connectivity index is 2.61. The Hall–Kier alpha value is -1.43. The third-order valence-electron chi connectivity index (χ3n) is 2.18. The molecule has 82 valence electrons. The topological polar surface area (TPSA) is 69.9 Å². The van der Waals surface area contributed by atoms with Crippen LogP contribution in [0.15, 0.2) is 30.3 Å². The average Bonchev–Trinajstić information content (AvgIpc) is 2.23. The number of rotatable bonds is 2. The molecule has 2 aromatic rings. The van der Waals surface area contributed by atoms with Crippen molar-refractivity contribution in [3.05, 3.63) is 35.4 Å². The van der Waals surface area contributed by atoms with E-state index in [1.807, 2.05) is 0 Å². The lowest BCUT2D eigenvalue weighted by Gasteiger charge is -2.09. The Morgan fingerprint density at radius 1 is 1.06 bits per heavy atom. The van der Waals surface area contributed by atoms with Crippen LogP contribution in [-0.2, 0) is 0 Å². The molecule has 0 amide bonds. The van der Waals surface area contributed by atoms with Gasteiger partial charge in [0.05, 0.1) is 0 Å². The summed E-state index contributed by atoms with van der Waals surface area (Å²) in [7, 11) is -1.97. The molecule has 4 nitrogen and oxygen atoms in total. The fourth-order valence-electron chi connectivity index (χ4n) is 1.49. The third kappa shape index (κ3) is 1.93. The van der Waals surface area contributed by atoms with Crippen LogP contribution in [0.1, 0.15) is 0 Å². The highest BCUT2D eigenvalue weighted by atomic mass is 35.5. The van der Waals surface area contributed by atoms with Gasteiger partial charge in [0.1, 0.15) is 5.75 Å². The molecule has 0 aromatic heterocycles. The minimum absolute atomic E-state index is 0.00948. The molecule has 6 heteroatoms. The Kier molecular flexibility index (Phi) is 2.91. The minimum atomic E-state index is -1.97. The van der Waals surface area contributed by atoms with Gasteiger partial charge in [0.25, 0.3) is 0 Å². The maximum atomic E-state index is 9.82. The summed E-state index contributed by atoms with van der Waals surface area (Å²) in [6.45, 7) is 0. The quantitative estimate of drug-likeness (QED) is 0.694. The van der Waals surface area contributed by atoms with Crippen LogP contribution < -0.4 is 4.65 Å². The molecule has 0 spiro atoms. The molecular weight excluding hydrogens is 230 g/mol. The molecule has 0 aliphatic rings. The zero-order chi connectivity index (χ0) is 11.7. The summed E-state index contributed by atoms with van der Waals surface area (Å²) in [5, 5.41) is 28.8. The van der Waals surface area contributed by atoms with Gasteiger partial charge in [-0.05, 0) is 18.2 Å². The van der Waals surface area contributed by atoms with Gasteiger partial charge in [0.2, 0.25) is 0 Å². The van der Waals surface area contributed by atoms with Gasteiger partial charge in [0.15, 0.2) is 5.75 Å². The van der Waals surface area contributed by atoms with Crippen LogP contribution in [0.3, 0.4) is 0 Å². The highest BCUT2D eigenvalue weighted by Crippen LogP contribution is 2.37. The van der Waals surface area contributed by atoms with E-state index in [1.165, 1.54) is 6.07 Å². The van der Waals surface area contributed by atoms with Crippen molar-refractivity contribution in [3.63, 3.8) is 0 Å². The molecule has 0 radical (unpaired) electrons. The monoisotopic (exact) mass is 238 g/mol. The molecule has 0 bridgehead atoms. The van der Waals surface area contributed by atoms with E-state index >= 15 is 0 Å². The smallest absolute Gasteiger partial charge is 0.509 e. The lowest BCUT2D eigenvalue weighted by atomic mass is 10.1. The molecule has 0 saturated carbocycles. The second-order valence-electron chi connectivity index (χ2n) is 3.19. The molecule has 0 heterocycles. The van der Waals surface area contributed by atoms with Gasteiger partial charge in [-0.1, -0.05) is 23.7 Å². The van der Waals surface area contributed by atoms with E-state index in [0.29, 0.717) is 15.8 Å². The minimum Gasteiger partial charge on any atom is -0.509 e. The van der Waals surface area contributed by atoms with Crippen LogP contribution >= 0.6 is 11.6 Å². The molecule has 2 aromatic carbocycles. The zero-order valence-electron chi connectivity index (χ0n) is 8.09. The van der Waals surface area contributed by atoms with E-state index in [4.69, 9.17) is 21.6 Å². The van der Waals surface area contributed by atoms with Gasteiger partial charge in [-0.25, -0.2) is 0 Å². The van der Waals surface area contributed by atoms with Gasteiger partial charge in [-0.2, -0.15) is 0 Å². The number of phenolic OH excluding ortho intramolecular Hbond substituents is 1. The summed E-state index contributed by atoms with van der Waals surface area (Å²) in [6, 6.07) is 8.10. The Morgan fingerprint density at radius 2 is 1.81 bits per heavy atom. The molecule has 0 saturated heterocycles. The summed E-state index contributed by atoms with van der Waals surface area (Å²) in [5.41, 5.74) is 0. The average molecular weight is 238 g/mol. The summed E-state index contributed by atoms with van der Waals surface area (Å²) >= 11 is 5.94. The highest BCUT2D eigenvalue weighted by molar-refractivity contribution is 6.36. The Bertz CT molecular complexity index is 529. The molecule has 16 heavy (non-hydrogen) atoms. The van der Waals surface area contributed by atoms with Gasteiger partial charge in [-0.3, -0.25) is 0 Å².